The largest absolute Gasteiger partial charge is 0.355 e. The lowest BCUT2D eigenvalue weighted by Crippen LogP contribution is -2.38. The normalized spacial score (nSPS) is 19.2. The molecule has 1 fully saturated rings. The Morgan fingerprint density at radius 2 is 2.04 bits per heavy atom. The minimum atomic E-state index is -0.123. The third-order valence-electron chi connectivity index (χ3n) is 5.90. The maximum atomic E-state index is 13.1. The number of rotatable bonds is 3. The highest BCUT2D eigenvalue weighted by Gasteiger charge is 2.29. The molecular weight excluding hydrogens is 354 g/mol. The summed E-state index contributed by atoms with van der Waals surface area (Å²) in [5.41, 5.74) is 3.93. The first-order valence-corrected chi connectivity index (χ1v) is 9.77. The Balaban J connectivity index is 1.59. The van der Waals surface area contributed by atoms with E-state index in [1.165, 1.54) is 0 Å². The van der Waals surface area contributed by atoms with E-state index >= 15 is 0 Å². The molecule has 0 aliphatic carbocycles. The Hall–Kier alpha value is -2.61. The van der Waals surface area contributed by atoms with Crippen LogP contribution in [-0.4, -0.2) is 75.4 Å². The Morgan fingerprint density at radius 1 is 1.21 bits per heavy atom. The van der Waals surface area contributed by atoms with Crippen LogP contribution < -0.4 is 4.90 Å². The zero-order valence-electron chi connectivity index (χ0n) is 17.0. The molecule has 8 nitrogen and oxygen atoms in total. The Morgan fingerprint density at radius 3 is 2.79 bits per heavy atom. The molecule has 0 saturated carbocycles. The van der Waals surface area contributed by atoms with E-state index in [4.69, 9.17) is 4.98 Å². The number of carbonyl (C=O) groups is 1. The van der Waals surface area contributed by atoms with E-state index in [-0.39, 0.29) is 11.7 Å². The number of hydrogen-bond donors (Lipinski definition) is 0. The maximum Gasteiger partial charge on any atom is 0.292 e. The molecule has 0 radical (unpaired) electrons. The van der Waals surface area contributed by atoms with Crippen molar-refractivity contribution < 1.29 is 4.79 Å². The SMILES string of the molecule is Cc1nc(C(=O)N2CCc3ncncc3C2)nc(N2CC[C@@H](N(C)C)C2)c1C. The number of aryl methyl sites for hydroxylation is 1. The predicted octanol–water partition coefficient (Wildman–Crippen LogP) is 1.22. The minimum absolute atomic E-state index is 0.123. The van der Waals surface area contributed by atoms with Gasteiger partial charge in [-0.3, -0.25) is 4.79 Å². The van der Waals surface area contributed by atoms with Crippen molar-refractivity contribution in [2.75, 3.05) is 38.6 Å². The van der Waals surface area contributed by atoms with Gasteiger partial charge in [0.1, 0.15) is 12.1 Å². The van der Waals surface area contributed by atoms with Gasteiger partial charge in [-0.25, -0.2) is 19.9 Å². The first kappa shape index (κ1) is 18.7. The van der Waals surface area contributed by atoms with Crippen molar-refractivity contribution in [1.82, 2.24) is 29.7 Å². The number of likely N-dealkylation sites (N-methyl/N-ethyl adjacent to an activating group) is 1. The van der Waals surface area contributed by atoms with Crippen LogP contribution in [0.25, 0.3) is 0 Å². The smallest absolute Gasteiger partial charge is 0.292 e. The minimum Gasteiger partial charge on any atom is -0.355 e. The number of hydrogen-bond acceptors (Lipinski definition) is 7. The van der Waals surface area contributed by atoms with Gasteiger partial charge >= 0.3 is 0 Å². The second kappa shape index (κ2) is 7.43. The molecule has 1 atom stereocenters. The zero-order chi connectivity index (χ0) is 19.8. The molecule has 148 valence electrons. The molecule has 1 saturated heterocycles. The van der Waals surface area contributed by atoms with Crippen LogP contribution in [0.3, 0.4) is 0 Å². The fourth-order valence-electron chi connectivity index (χ4n) is 3.95. The molecule has 2 aromatic rings. The van der Waals surface area contributed by atoms with Crippen LogP contribution in [-0.2, 0) is 13.0 Å². The fraction of sp³-hybridized carbons (Fsp3) is 0.550. The van der Waals surface area contributed by atoms with Crippen LogP contribution in [0.15, 0.2) is 12.5 Å². The quantitative estimate of drug-likeness (QED) is 0.791. The van der Waals surface area contributed by atoms with Crippen LogP contribution in [0.5, 0.6) is 0 Å². The van der Waals surface area contributed by atoms with E-state index in [9.17, 15) is 4.79 Å². The molecule has 4 heterocycles. The topological polar surface area (TPSA) is 78.3 Å². The molecule has 4 rings (SSSR count). The summed E-state index contributed by atoms with van der Waals surface area (Å²) in [5.74, 6) is 1.05. The van der Waals surface area contributed by atoms with Crippen LogP contribution in [0, 0.1) is 13.8 Å². The molecule has 0 spiro atoms. The Bertz CT molecular complexity index is 898. The number of carbonyl (C=O) groups excluding carboxylic acids is 1. The van der Waals surface area contributed by atoms with Gasteiger partial charge < -0.3 is 14.7 Å². The molecule has 0 unspecified atom stereocenters. The molecule has 0 bridgehead atoms. The summed E-state index contributed by atoms with van der Waals surface area (Å²) >= 11 is 0. The van der Waals surface area contributed by atoms with Crippen molar-refractivity contribution in [2.45, 2.75) is 39.3 Å². The van der Waals surface area contributed by atoms with E-state index in [0.717, 1.165) is 54.3 Å². The second-order valence-corrected chi connectivity index (χ2v) is 7.90. The number of anilines is 1. The van der Waals surface area contributed by atoms with Gasteiger partial charge in [-0.2, -0.15) is 0 Å². The molecule has 2 aliphatic heterocycles. The summed E-state index contributed by atoms with van der Waals surface area (Å²) in [6.45, 7) is 7.00. The Kier molecular flexibility index (Phi) is 4.97. The molecular formula is C20H27N7O. The van der Waals surface area contributed by atoms with Crippen LogP contribution in [0.4, 0.5) is 5.82 Å². The van der Waals surface area contributed by atoms with Crippen molar-refractivity contribution >= 4 is 11.7 Å². The van der Waals surface area contributed by atoms with Crippen molar-refractivity contribution in [2.24, 2.45) is 0 Å². The summed E-state index contributed by atoms with van der Waals surface area (Å²) < 4.78 is 0. The van der Waals surface area contributed by atoms with Gasteiger partial charge in [0.2, 0.25) is 5.82 Å². The van der Waals surface area contributed by atoms with Crippen molar-refractivity contribution in [3.05, 3.63) is 40.9 Å². The summed E-state index contributed by atoms with van der Waals surface area (Å²) in [5, 5.41) is 0. The maximum absolute atomic E-state index is 13.1. The van der Waals surface area contributed by atoms with Gasteiger partial charge in [0, 0.05) is 61.7 Å². The zero-order valence-corrected chi connectivity index (χ0v) is 17.0. The van der Waals surface area contributed by atoms with E-state index < -0.39 is 0 Å². The summed E-state index contributed by atoms with van der Waals surface area (Å²) in [6.07, 6.45) is 5.19. The highest BCUT2D eigenvalue weighted by Crippen LogP contribution is 2.26. The molecule has 2 aromatic heterocycles. The molecule has 0 N–H and O–H groups in total. The number of aromatic nitrogens is 4. The first-order chi connectivity index (χ1) is 13.4. The third kappa shape index (κ3) is 3.44. The number of fused-ring (bicyclic) bond motifs is 1. The van der Waals surface area contributed by atoms with Gasteiger partial charge in [0.05, 0.1) is 5.69 Å². The lowest BCUT2D eigenvalue weighted by Gasteiger charge is -2.28. The molecule has 0 aromatic carbocycles. The van der Waals surface area contributed by atoms with E-state index in [1.807, 2.05) is 13.8 Å². The molecule has 2 aliphatic rings. The number of amides is 1. The van der Waals surface area contributed by atoms with Crippen LogP contribution >= 0.6 is 0 Å². The summed E-state index contributed by atoms with van der Waals surface area (Å²) in [6, 6.07) is 0.507. The lowest BCUT2D eigenvalue weighted by atomic mass is 10.1. The fourth-order valence-corrected chi connectivity index (χ4v) is 3.95. The number of nitrogens with zero attached hydrogens (tertiary/aromatic N) is 7. The summed E-state index contributed by atoms with van der Waals surface area (Å²) in [4.78, 5) is 37.1. The highest BCUT2D eigenvalue weighted by molar-refractivity contribution is 5.91. The van der Waals surface area contributed by atoms with Gasteiger partial charge in [-0.05, 0) is 34.4 Å². The monoisotopic (exact) mass is 381 g/mol. The molecule has 1 amide bonds. The van der Waals surface area contributed by atoms with Gasteiger partial charge in [0.15, 0.2) is 0 Å². The van der Waals surface area contributed by atoms with E-state index in [0.29, 0.717) is 19.1 Å². The van der Waals surface area contributed by atoms with Gasteiger partial charge in [-0.1, -0.05) is 0 Å². The molecule has 8 heteroatoms. The van der Waals surface area contributed by atoms with Crippen molar-refractivity contribution in [3.8, 4) is 0 Å². The average molecular weight is 381 g/mol. The van der Waals surface area contributed by atoms with Crippen LogP contribution in [0.1, 0.15) is 39.6 Å². The Labute approximate surface area is 165 Å². The third-order valence-corrected chi connectivity index (χ3v) is 5.90. The lowest BCUT2D eigenvalue weighted by molar-refractivity contribution is 0.0720. The van der Waals surface area contributed by atoms with Gasteiger partial charge in [0.25, 0.3) is 5.91 Å². The van der Waals surface area contributed by atoms with Gasteiger partial charge in [-0.15, -0.1) is 0 Å². The highest BCUT2D eigenvalue weighted by atomic mass is 16.2. The second-order valence-electron chi connectivity index (χ2n) is 7.90. The van der Waals surface area contributed by atoms with Crippen molar-refractivity contribution in [3.63, 3.8) is 0 Å². The predicted molar refractivity (Wildman–Crippen MR) is 106 cm³/mol. The molecule has 28 heavy (non-hydrogen) atoms. The summed E-state index contributed by atoms with van der Waals surface area (Å²) in [7, 11) is 4.22. The first-order valence-electron chi connectivity index (χ1n) is 9.77. The average Bonchev–Trinajstić information content (AvgIpc) is 3.19. The van der Waals surface area contributed by atoms with Crippen LogP contribution in [0.2, 0.25) is 0 Å². The van der Waals surface area contributed by atoms with Crippen molar-refractivity contribution in [1.29, 1.82) is 0 Å². The van der Waals surface area contributed by atoms with E-state index in [1.54, 1.807) is 17.4 Å². The standard InChI is InChI=1S/C20H27N7O/c1-13-14(2)23-18(24-19(13)26-7-5-16(11-26)25(3)4)20(28)27-8-6-17-15(10-27)9-21-12-22-17/h9,12,16H,5-8,10-11H2,1-4H3/t16-/m1/s1. The van der Waals surface area contributed by atoms with E-state index in [2.05, 4.69) is 38.8 Å².